The summed E-state index contributed by atoms with van der Waals surface area (Å²) in [5.41, 5.74) is 7.26. The van der Waals surface area contributed by atoms with Crippen molar-refractivity contribution >= 4 is 21.4 Å². The minimum absolute atomic E-state index is 0.0493. The van der Waals surface area contributed by atoms with Crippen molar-refractivity contribution in [1.29, 1.82) is 0 Å². The average molecular weight is 312 g/mol. The van der Waals surface area contributed by atoms with Crippen LogP contribution in [0.3, 0.4) is 0 Å². The highest BCUT2D eigenvalue weighted by atomic mass is 32.2. The van der Waals surface area contributed by atoms with Crippen molar-refractivity contribution in [3.8, 4) is 0 Å². The van der Waals surface area contributed by atoms with Gasteiger partial charge in [0.05, 0.1) is 16.3 Å². The minimum atomic E-state index is -3.71. The lowest BCUT2D eigenvalue weighted by molar-refractivity contribution is 0.270. The number of nitrogens with two attached hydrogens (primary N) is 2. The SMILES string of the molecule is CCN1CCCC1CN(C)c1ccc(S(N)(=O)=O)cc1N. The second kappa shape index (κ2) is 6.21. The quantitative estimate of drug-likeness (QED) is 0.786. The van der Waals surface area contributed by atoms with Crippen molar-refractivity contribution in [1.82, 2.24) is 4.90 Å². The molecule has 118 valence electrons. The largest absolute Gasteiger partial charge is 0.397 e. The van der Waals surface area contributed by atoms with Gasteiger partial charge in [0, 0.05) is 19.6 Å². The summed E-state index contributed by atoms with van der Waals surface area (Å²) in [5, 5.41) is 5.12. The number of sulfonamides is 1. The molecule has 0 aromatic heterocycles. The van der Waals surface area contributed by atoms with E-state index in [1.807, 2.05) is 7.05 Å². The second-order valence-corrected chi connectivity index (χ2v) is 7.13. The van der Waals surface area contributed by atoms with E-state index in [1.165, 1.54) is 25.0 Å². The summed E-state index contributed by atoms with van der Waals surface area (Å²) < 4.78 is 22.7. The number of primary sulfonamides is 1. The normalized spacial score (nSPS) is 19.9. The van der Waals surface area contributed by atoms with Gasteiger partial charge < -0.3 is 10.6 Å². The Kier molecular flexibility index (Phi) is 4.75. The summed E-state index contributed by atoms with van der Waals surface area (Å²) in [6.07, 6.45) is 2.42. The van der Waals surface area contributed by atoms with E-state index in [1.54, 1.807) is 6.07 Å². The summed E-state index contributed by atoms with van der Waals surface area (Å²) in [7, 11) is -1.73. The highest BCUT2D eigenvalue weighted by molar-refractivity contribution is 7.89. The van der Waals surface area contributed by atoms with Crippen molar-refractivity contribution in [2.45, 2.75) is 30.7 Å². The molecule has 1 heterocycles. The Labute approximate surface area is 126 Å². The van der Waals surface area contributed by atoms with Gasteiger partial charge in [0.2, 0.25) is 10.0 Å². The molecule has 0 spiro atoms. The first-order valence-electron chi connectivity index (χ1n) is 7.20. The van der Waals surface area contributed by atoms with Gasteiger partial charge in [-0.15, -0.1) is 0 Å². The van der Waals surface area contributed by atoms with Crippen LogP contribution in [0.5, 0.6) is 0 Å². The van der Waals surface area contributed by atoms with Crippen LogP contribution in [0.1, 0.15) is 19.8 Å². The number of rotatable bonds is 5. The molecule has 1 fully saturated rings. The molecule has 21 heavy (non-hydrogen) atoms. The van der Waals surface area contributed by atoms with E-state index in [0.29, 0.717) is 11.7 Å². The first-order valence-corrected chi connectivity index (χ1v) is 8.75. The van der Waals surface area contributed by atoms with Gasteiger partial charge in [-0.1, -0.05) is 6.92 Å². The molecule has 0 amide bonds. The molecule has 1 atom stereocenters. The van der Waals surface area contributed by atoms with Crippen LogP contribution in [0.15, 0.2) is 23.1 Å². The molecule has 6 nitrogen and oxygen atoms in total. The van der Waals surface area contributed by atoms with Crippen molar-refractivity contribution in [3.63, 3.8) is 0 Å². The fourth-order valence-corrected chi connectivity index (χ4v) is 3.54. The zero-order valence-electron chi connectivity index (χ0n) is 12.6. The molecule has 1 aliphatic rings. The third-order valence-corrected chi connectivity index (χ3v) is 5.04. The van der Waals surface area contributed by atoms with E-state index < -0.39 is 10.0 Å². The van der Waals surface area contributed by atoms with E-state index in [9.17, 15) is 8.42 Å². The van der Waals surface area contributed by atoms with E-state index in [-0.39, 0.29) is 4.90 Å². The second-order valence-electron chi connectivity index (χ2n) is 5.57. The molecule has 2 rings (SSSR count). The smallest absolute Gasteiger partial charge is 0.238 e. The van der Waals surface area contributed by atoms with Crippen molar-refractivity contribution in [2.75, 3.05) is 37.3 Å². The number of hydrogen-bond donors (Lipinski definition) is 2. The summed E-state index contributed by atoms with van der Waals surface area (Å²) >= 11 is 0. The molecule has 1 unspecified atom stereocenters. The maximum atomic E-state index is 11.3. The van der Waals surface area contributed by atoms with Gasteiger partial charge in [0.15, 0.2) is 0 Å². The molecule has 7 heteroatoms. The average Bonchev–Trinajstić information content (AvgIpc) is 2.84. The third kappa shape index (κ3) is 3.66. The summed E-state index contributed by atoms with van der Waals surface area (Å²) in [4.78, 5) is 4.60. The molecule has 4 N–H and O–H groups in total. The molecular weight excluding hydrogens is 288 g/mol. The predicted octanol–water partition coefficient (Wildman–Crippen LogP) is 0.837. The Morgan fingerprint density at radius 3 is 2.71 bits per heavy atom. The van der Waals surface area contributed by atoms with Gasteiger partial charge in [-0.3, -0.25) is 4.90 Å². The third-order valence-electron chi connectivity index (χ3n) is 4.13. The maximum Gasteiger partial charge on any atom is 0.238 e. The zero-order valence-corrected chi connectivity index (χ0v) is 13.4. The molecule has 1 aromatic carbocycles. The Morgan fingerprint density at radius 2 is 2.14 bits per heavy atom. The lowest BCUT2D eigenvalue weighted by Crippen LogP contribution is -2.39. The van der Waals surface area contributed by atoms with Gasteiger partial charge in [0.25, 0.3) is 0 Å². The van der Waals surface area contributed by atoms with Gasteiger partial charge in [0.1, 0.15) is 0 Å². The van der Waals surface area contributed by atoms with E-state index in [0.717, 1.165) is 25.3 Å². The van der Waals surface area contributed by atoms with Gasteiger partial charge in [-0.05, 0) is 44.1 Å². The first kappa shape index (κ1) is 16.1. The number of nitrogens with zero attached hydrogens (tertiary/aromatic N) is 2. The standard InChI is InChI=1S/C14H24N4O2S/c1-3-18-8-4-5-11(18)10-17(2)14-7-6-12(9-13(14)15)21(16,19)20/h6-7,9,11H,3-5,8,10,15H2,1-2H3,(H2,16,19,20). The molecular formula is C14H24N4O2S. The molecule has 0 bridgehead atoms. The van der Waals surface area contributed by atoms with Crippen molar-refractivity contribution in [3.05, 3.63) is 18.2 Å². The Bertz CT molecular complexity index is 603. The fourth-order valence-electron chi connectivity index (χ4n) is 2.99. The van der Waals surface area contributed by atoms with Crippen LogP contribution >= 0.6 is 0 Å². The van der Waals surface area contributed by atoms with Crippen LogP contribution in [0.25, 0.3) is 0 Å². The zero-order chi connectivity index (χ0) is 15.6. The number of nitrogen functional groups attached to an aromatic ring is 1. The lowest BCUT2D eigenvalue weighted by Gasteiger charge is -2.29. The van der Waals surface area contributed by atoms with Crippen LogP contribution < -0.4 is 15.8 Å². The Hall–Kier alpha value is -1.31. The molecule has 0 aliphatic carbocycles. The summed E-state index contributed by atoms with van der Waals surface area (Å²) in [6, 6.07) is 5.18. The van der Waals surface area contributed by atoms with Crippen molar-refractivity contribution < 1.29 is 8.42 Å². The van der Waals surface area contributed by atoms with Crippen LogP contribution in [0.4, 0.5) is 11.4 Å². The maximum absolute atomic E-state index is 11.3. The molecule has 0 saturated carbocycles. The molecule has 1 aromatic rings. The van der Waals surface area contributed by atoms with Crippen LogP contribution in [-0.2, 0) is 10.0 Å². The van der Waals surface area contributed by atoms with Crippen LogP contribution in [0, 0.1) is 0 Å². The summed E-state index contributed by atoms with van der Waals surface area (Å²) in [5.74, 6) is 0. The number of benzene rings is 1. The number of likely N-dealkylation sites (N-methyl/N-ethyl adjacent to an activating group) is 2. The van der Waals surface area contributed by atoms with E-state index >= 15 is 0 Å². The Balaban J connectivity index is 2.14. The van der Waals surface area contributed by atoms with Crippen LogP contribution in [0.2, 0.25) is 0 Å². The van der Waals surface area contributed by atoms with Crippen LogP contribution in [-0.4, -0.2) is 46.0 Å². The van der Waals surface area contributed by atoms with E-state index in [2.05, 4.69) is 16.7 Å². The van der Waals surface area contributed by atoms with Crippen molar-refractivity contribution in [2.24, 2.45) is 5.14 Å². The highest BCUT2D eigenvalue weighted by Crippen LogP contribution is 2.27. The first-order chi connectivity index (χ1) is 9.82. The molecule has 1 aliphatic heterocycles. The Morgan fingerprint density at radius 1 is 1.43 bits per heavy atom. The molecule has 1 saturated heterocycles. The minimum Gasteiger partial charge on any atom is -0.397 e. The number of anilines is 2. The van der Waals surface area contributed by atoms with Gasteiger partial charge >= 0.3 is 0 Å². The summed E-state index contributed by atoms with van der Waals surface area (Å²) in [6.45, 7) is 5.26. The fraction of sp³-hybridized carbons (Fsp3) is 0.571. The van der Waals surface area contributed by atoms with Gasteiger partial charge in [-0.2, -0.15) is 0 Å². The molecule has 0 radical (unpaired) electrons. The number of hydrogen-bond acceptors (Lipinski definition) is 5. The highest BCUT2D eigenvalue weighted by Gasteiger charge is 2.24. The lowest BCUT2D eigenvalue weighted by atomic mass is 10.2. The van der Waals surface area contributed by atoms with E-state index in [4.69, 9.17) is 10.9 Å². The monoisotopic (exact) mass is 312 g/mol. The topological polar surface area (TPSA) is 92.7 Å². The van der Waals surface area contributed by atoms with Gasteiger partial charge in [-0.25, -0.2) is 13.6 Å². The number of likely N-dealkylation sites (tertiary alicyclic amines) is 1. The predicted molar refractivity (Wildman–Crippen MR) is 85.8 cm³/mol.